The van der Waals surface area contributed by atoms with E-state index in [4.69, 9.17) is 9.26 Å². The highest BCUT2D eigenvalue weighted by atomic mass is 16.5. The molecule has 0 atom stereocenters. The van der Waals surface area contributed by atoms with Crippen LogP contribution in [0.3, 0.4) is 0 Å². The van der Waals surface area contributed by atoms with E-state index in [1.54, 1.807) is 0 Å². The number of carbonyl (C=O) groups excluding carboxylic acids is 1. The predicted octanol–water partition coefficient (Wildman–Crippen LogP) is 0.766. The lowest BCUT2D eigenvalue weighted by molar-refractivity contribution is 0.0588. The Labute approximate surface area is 121 Å². The third-order valence-corrected chi connectivity index (χ3v) is 2.78. The molecule has 0 aliphatic rings. The number of esters is 1. The molecule has 2 aromatic heterocycles. The van der Waals surface area contributed by atoms with E-state index in [9.17, 15) is 4.79 Å². The van der Waals surface area contributed by atoms with Crippen molar-refractivity contribution in [3.8, 4) is 0 Å². The molecule has 0 N–H and O–H groups in total. The highest BCUT2D eigenvalue weighted by molar-refractivity contribution is 5.88. The van der Waals surface area contributed by atoms with Gasteiger partial charge in [-0.2, -0.15) is 4.98 Å². The van der Waals surface area contributed by atoms with Gasteiger partial charge in [0.1, 0.15) is 6.54 Å². The van der Waals surface area contributed by atoms with Crippen molar-refractivity contribution in [1.29, 1.82) is 0 Å². The normalized spacial score (nSPS) is 11.1. The Kier molecular flexibility index (Phi) is 4.63. The number of hydrogen-bond acceptors (Lipinski definition) is 8. The maximum Gasteiger partial charge on any atom is 0.360 e. The molecule has 0 aromatic carbocycles. The molecule has 2 aromatic rings. The number of methoxy groups -OCH3 is 2. The van der Waals surface area contributed by atoms with Crippen LogP contribution in [0.4, 0.5) is 0 Å². The molecule has 9 nitrogen and oxygen atoms in total. The molecule has 0 aliphatic carbocycles. The Morgan fingerprint density at radius 3 is 2.71 bits per heavy atom. The Balaban J connectivity index is 2.26. The van der Waals surface area contributed by atoms with Crippen LogP contribution in [-0.2, 0) is 22.6 Å². The van der Waals surface area contributed by atoms with Gasteiger partial charge in [0.05, 0.1) is 19.4 Å². The van der Waals surface area contributed by atoms with Crippen molar-refractivity contribution in [2.45, 2.75) is 32.9 Å². The van der Waals surface area contributed by atoms with Gasteiger partial charge in [0.15, 0.2) is 11.5 Å². The van der Waals surface area contributed by atoms with Crippen LogP contribution < -0.4 is 0 Å². The molecule has 9 heteroatoms. The lowest BCUT2D eigenvalue weighted by Crippen LogP contribution is -2.11. The molecule has 0 unspecified atom stereocenters. The number of carbonyl (C=O) groups is 1. The average molecular weight is 295 g/mol. The predicted molar refractivity (Wildman–Crippen MR) is 69.6 cm³/mol. The van der Waals surface area contributed by atoms with Gasteiger partial charge in [-0.15, -0.1) is 5.10 Å². The quantitative estimate of drug-likeness (QED) is 0.719. The van der Waals surface area contributed by atoms with E-state index in [1.807, 2.05) is 13.8 Å². The van der Waals surface area contributed by atoms with Gasteiger partial charge in [0.25, 0.3) is 0 Å². The lowest BCUT2D eigenvalue weighted by Gasteiger charge is -2.04. The summed E-state index contributed by atoms with van der Waals surface area (Å²) in [6, 6.07) is 0. The smallest absolute Gasteiger partial charge is 0.360 e. The van der Waals surface area contributed by atoms with Crippen LogP contribution >= 0.6 is 0 Å². The largest absolute Gasteiger partial charge is 0.464 e. The van der Waals surface area contributed by atoms with Crippen LogP contribution in [-0.4, -0.2) is 45.3 Å². The van der Waals surface area contributed by atoms with E-state index < -0.39 is 5.97 Å². The zero-order valence-corrected chi connectivity index (χ0v) is 12.4. The van der Waals surface area contributed by atoms with Gasteiger partial charge >= 0.3 is 5.97 Å². The fraction of sp³-hybridized carbons (Fsp3) is 0.583. The van der Waals surface area contributed by atoms with Crippen LogP contribution in [0.5, 0.6) is 0 Å². The fourth-order valence-corrected chi connectivity index (χ4v) is 1.69. The summed E-state index contributed by atoms with van der Waals surface area (Å²) in [7, 11) is 2.80. The van der Waals surface area contributed by atoms with Crippen molar-refractivity contribution in [2.24, 2.45) is 0 Å². The number of rotatable bonds is 6. The molecular weight excluding hydrogens is 278 g/mol. The van der Waals surface area contributed by atoms with Crippen LogP contribution in [0, 0.1) is 0 Å². The molecule has 2 heterocycles. The maximum atomic E-state index is 11.6. The minimum atomic E-state index is -0.568. The summed E-state index contributed by atoms with van der Waals surface area (Å²) in [5.74, 6) is 0.605. The number of nitrogens with zero attached hydrogens (tertiary/aromatic N) is 5. The van der Waals surface area contributed by atoms with E-state index in [0.29, 0.717) is 17.4 Å². The summed E-state index contributed by atoms with van der Waals surface area (Å²) in [5.41, 5.74) is 0.608. The summed E-state index contributed by atoms with van der Waals surface area (Å²) in [6.45, 7) is 4.32. The minimum absolute atomic E-state index is 0.114. The Morgan fingerprint density at radius 2 is 2.14 bits per heavy atom. The van der Waals surface area contributed by atoms with E-state index in [-0.39, 0.29) is 24.8 Å². The van der Waals surface area contributed by atoms with Crippen molar-refractivity contribution >= 4 is 5.97 Å². The molecule has 0 fully saturated rings. The molecule has 21 heavy (non-hydrogen) atoms. The third-order valence-electron chi connectivity index (χ3n) is 2.78. The van der Waals surface area contributed by atoms with Gasteiger partial charge in [0, 0.05) is 13.0 Å². The molecule has 114 valence electrons. The van der Waals surface area contributed by atoms with Crippen LogP contribution in [0.25, 0.3) is 0 Å². The van der Waals surface area contributed by atoms with Crippen LogP contribution in [0.15, 0.2) is 4.52 Å². The summed E-state index contributed by atoms with van der Waals surface area (Å²) in [6.07, 6.45) is 0. The third kappa shape index (κ3) is 3.24. The van der Waals surface area contributed by atoms with E-state index in [2.05, 4.69) is 25.2 Å². The number of aromatic nitrogens is 5. The minimum Gasteiger partial charge on any atom is -0.464 e. The summed E-state index contributed by atoms with van der Waals surface area (Å²) in [5, 5.41) is 11.6. The number of ether oxygens (including phenoxy) is 2. The van der Waals surface area contributed by atoms with Crippen molar-refractivity contribution in [2.75, 3.05) is 14.2 Å². The molecule has 0 radical (unpaired) electrons. The molecule has 0 bridgehead atoms. The second kappa shape index (κ2) is 6.44. The molecular formula is C12H17N5O4. The zero-order chi connectivity index (χ0) is 15.4. The summed E-state index contributed by atoms with van der Waals surface area (Å²) >= 11 is 0. The van der Waals surface area contributed by atoms with E-state index in [1.165, 1.54) is 18.9 Å². The first-order valence-corrected chi connectivity index (χ1v) is 6.38. The highest BCUT2D eigenvalue weighted by Crippen LogP contribution is 2.13. The van der Waals surface area contributed by atoms with Crippen molar-refractivity contribution in [3.63, 3.8) is 0 Å². The van der Waals surface area contributed by atoms with Gasteiger partial charge in [0.2, 0.25) is 5.89 Å². The molecule has 0 saturated carbocycles. The number of hydrogen-bond donors (Lipinski definition) is 0. The fourth-order valence-electron chi connectivity index (χ4n) is 1.69. The Bertz CT molecular complexity index is 619. The van der Waals surface area contributed by atoms with E-state index >= 15 is 0 Å². The zero-order valence-electron chi connectivity index (χ0n) is 12.4. The lowest BCUT2D eigenvalue weighted by atomic mass is 10.2. The summed E-state index contributed by atoms with van der Waals surface area (Å²) < 4.78 is 16.4. The molecule has 0 amide bonds. The van der Waals surface area contributed by atoms with Crippen molar-refractivity contribution in [1.82, 2.24) is 25.1 Å². The van der Waals surface area contributed by atoms with Gasteiger partial charge in [-0.25, -0.2) is 9.48 Å². The topological polar surface area (TPSA) is 105 Å². The Hall–Kier alpha value is -2.29. The monoisotopic (exact) mass is 295 g/mol. The standard InChI is InChI=1S/C12H17N5O4/c1-7(2)11-13-9(21-15-11)5-17-8(6-19-3)10(14-16-17)12(18)20-4/h7H,5-6H2,1-4H3. The molecule has 2 rings (SSSR count). The van der Waals surface area contributed by atoms with Crippen LogP contribution in [0.2, 0.25) is 0 Å². The van der Waals surface area contributed by atoms with E-state index in [0.717, 1.165) is 0 Å². The van der Waals surface area contributed by atoms with Gasteiger partial charge in [-0.3, -0.25) is 0 Å². The van der Waals surface area contributed by atoms with Gasteiger partial charge in [-0.1, -0.05) is 24.2 Å². The Morgan fingerprint density at radius 1 is 1.38 bits per heavy atom. The SMILES string of the molecule is COCc1c(C(=O)OC)nnn1Cc1nc(C(C)C)no1. The first-order chi connectivity index (χ1) is 10.1. The molecule has 0 aliphatic heterocycles. The van der Waals surface area contributed by atoms with Crippen LogP contribution in [0.1, 0.15) is 47.7 Å². The second-order valence-electron chi connectivity index (χ2n) is 4.67. The first kappa shape index (κ1) is 15.1. The summed E-state index contributed by atoms with van der Waals surface area (Å²) in [4.78, 5) is 15.9. The molecule has 0 saturated heterocycles. The van der Waals surface area contributed by atoms with Gasteiger partial charge in [-0.05, 0) is 0 Å². The first-order valence-electron chi connectivity index (χ1n) is 6.38. The maximum absolute atomic E-state index is 11.6. The average Bonchev–Trinajstić information content (AvgIpc) is 3.07. The van der Waals surface area contributed by atoms with Crippen molar-refractivity contribution < 1.29 is 18.8 Å². The molecule has 0 spiro atoms. The highest BCUT2D eigenvalue weighted by Gasteiger charge is 2.21. The van der Waals surface area contributed by atoms with Gasteiger partial charge < -0.3 is 14.0 Å². The van der Waals surface area contributed by atoms with Crippen molar-refractivity contribution in [3.05, 3.63) is 23.1 Å². The second-order valence-corrected chi connectivity index (χ2v) is 4.67.